The van der Waals surface area contributed by atoms with Crippen molar-refractivity contribution in [3.8, 4) is 0 Å². The summed E-state index contributed by atoms with van der Waals surface area (Å²) in [6.07, 6.45) is 5.75. The van der Waals surface area contributed by atoms with E-state index in [1.165, 1.54) is 11.9 Å². The van der Waals surface area contributed by atoms with Crippen molar-refractivity contribution >= 4 is 17.3 Å². The lowest BCUT2D eigenvalue weighted by atomic mass is 10.1. The molecule has 4 nitrogen and oxygen atoms in total. The number of carbonyl (C=O) groups is 1. The molecule has 0 aliphatic carbocycles. The van der Waals surface area contributed by atoms with Crippen molar-refractivity contribution < 1.29 is 4.79 Å². The third-order valence-electron chi connectivity index (χ3n) is 3.20. The van der Waals surface area contributed by atoms with Crippen molar-refractivity contribution in [3.63, 3.8) is 0 Å². The quantitative estimate of drug-likeness (QED) is 0.725. The molecule has 4 heteroatoms. The highest BCUT2D eigenvalue weighted by atomic mass is 16.1. The smallest absolute Gasteiger partial charge is 0.152 e. The van der Waals surface area contributed by atoms with Crippen LogP contribution in [0.15, 0.2) is 42.9 Å². The summed E-state index contributed by atoms with van der Waals surface area (Å²) in [6.45, 7) is 0. The lowest BCUT2D eigenvalue weighted by Gasteiger charge is -2.03. The number of aromatic nitrogens is 3. The zero-order chi connectivity index (χ0) is 13.1. The van der Waals surface area contributed by atoms with E-state index in [1.54, 1.807) is 6.20 Å². The number of nitrogens with zero attached hydrogens (tertiary/aromatic N) is 2. The third kappa shape index (κ3) is 2.25. The number of H-pyrrole nitrogens is 1. The molecule has 0 saturated heterocycles. The van der Waals surface area contributed by atoms with Gasteiger partial charge in [-0.3, -0.25) is 4.79 Å². The highest BCUT2D eigenvalue weighted by Crippen LogP contribution is 2.19. The maximum Gasteiger partial charge on any atom is 0.152 e. The normalized spacial score (nSPS) is 10.7. The van der Waals surface area contributed by atoms with Crippen molar-refractivity contribution in [2.75, 3.05) is 0 Å². The second-order valence-corrected chi connectivity index (χ2v) is 4.39. The first-order valence-electron chi connectivity index (χ1n) is 6.18. The molecule has 2 aromatic heterocycles. The second-order valence-electron chi connectivity index (χ2n) is 4.39. The van der Waals surface area contributed by atoms with E-state index in [1.807, 2.05) is 18.2 Å². The molecule has 0 saturated carbocycles. The van der Waals surface area contributed by atoms with E-state index >= 15 is 0 Å². The molecule has 0 atom stereocenters. The highest BCUT2D eigenvalue weighted by Gasteiger charge is 2.10. The molecule has 1 N–H and O–H groups in total. The first-order valence-corrected chi connectivity index (χ1v) is 6.18. The summed E-state index contributed by atoms with van der Waals surface area (Å²) < 4.78 is 0. The van der Waals surface area contributed by atoms with Gasteiger partial charge in [-0.1, -0.05) is 30.3 Å². The molecular formula is C15H13N3O. The Morgan fingerprint density at radius 1 is 1.11 bits per heavy atom. The molecule has 2 heterocycles. The summed E-state index contributed by atoms with van der Waals surface area (Å²) in [5.74, 6) is 0. The van der Waals surface area contributed by atoms with Gasteiger partial charge in [-0.2, -0.15) is 0 Å². The number of rotatable bonds is 4. The number of hydrogen-bond acceptors (Lipinski definition) is 3. The van der Waals surface area contributed by atoms with Gasteiger partial charge in [-0.15, -0.1) is 0 Å². The molecule has 3 rings (SSSR count). The molecule has 19 heavy (non-hydrogen) atoms. The topological polar surface area (TPSA) is 58.6 Å². The number of nitrogens with one attached hydrogen (secondary N) is 1. The van der Waals surface area contributed by atoms with Crippen LogP contribution in [0, 0.1) is 0 Å². The van der Waals surface area contributed by atoms with Crippen LogP contribution in [-0.4, -0.2) is 21.2 Å². The number of carbonyl (C=O) groups excluding carboxylic acids is 1. The minimum atomic E-state index is 0.624. The average Bonchev–Trinajstić information content (AvgIpc) is 2.90. The van der Waals surface area contributed by atoms with E-state index in [0.29, 0.717) is 5.56 Å². The molecule has 0 unspecified atom stereocenters. The Morgan fingerprint density at radius 3 is 2.74 bits per heavy atom. The first-order chi connectivity index (χ1) is 9.38. The molecular weight excluding hydrogens is 238 g/mol. The molecule has 0 aliphatic heterocycles. The fourth-order valence-corrected chi connectivity index (χ4v) is 2.24. The van der Waals surface area contributed by atoms with Crippen molar-refractivity contribution in [2.24, 2.45) is 0 Å². The molecule has 0 amide bonds. The third-order valence-corrected chi connectivity index (χ3v) is 3.20. The number of aldehydes is 1. The van der Waals surface area contributed by atoms with Gasteiger partial charge in [0.1, 0.15) is 12.0 Å². The van der Waals surface area contributed by atoms with Crippen molar-refractivity contribution in [1.29, 1.82) is 0 Å². The molecule has 0 spiro atoms. The van der Waals surface area contributed by atoms with Crippen LogP contribution in [0.25, 0.3) is 11.0 Å². The lowest BCUT2D eigenvalue weighted by Crippen LogP contribution is -1.97. The van der Waals surface area contributed by atoms with Gasteiger partial charge in [-0.05, 0) is 18.4 Å². The van der Waals surface area contributed by atoms with Crippen molar-refractivity contribution in [1.82, 2.24) is 15.0 Å². The summed E-state index contributed by atoms with van der Waals surface area (Å²) in [5, 5.41) is 0.841. The molecule has 1 aromatic carbocycles. The maximum atomic E-state index is 11.0. The average molecular weight is 251 g/mol. The molecule has 0 fully saturated rings. The Balaban J connectivity index is 1.92. The van der Waals surface area contributed by atoms with E-state index in [2.05, 4.69) is 27.1 Å². The minimum Gasteiger partial charge on any atom is -0.345 e. The summed E-state index contributed by atoms with van der Waals surface area (Å²) in [4.78, 5) is 22.5. The first kappa shape index (κ1) is 11.6. The minimum absolute atomic E-state index is 0.624. The molecule has 0 bridgehead atoms. The van der Waals surface area contributed by atoms with E-state index in [4.69, 9.17) is 0 Å². The van der Waals surface area contributed by atoms with Gasteiger partial charge in [0.25, 0.3) is 0 Å². The summed E-state index contributed by atoms with van der Waals surface area (Å²) >= 11 is 0. The standard InChI is InChI=1S/C15H13N3O/c19-9-12-8-16-15-14(12)13(17-10-18-15)7-6-11-4-2-1-3-5-11/h1-5,8-10H,6-7H2,(H,16,17,18). The second kappa shape index (κ2) is 5.02. The van der Waals surface area contributed by atoms with Gasteiger partial charge in [0.05, 0.1) is 11.1 Å². The fraction of sp³-hybridized carbons (Fsp3) is 0.133. The zero-order valence-corrected chi connectivity index (χ0v) is 10.3. The van der Waals surface area contributed by atoms with E-state index in [9.17, 15) is 4.79 Å². The number of aryl methyl sites for hydroxylation is 2. The van der Waals surface area contributed by atoms with Crippen LogP contribution < -0.4 is 0 Å². The summed E-state index contributed by atoms with van der Waals surface area (Å²) in [7, 11) is 0. The fourth-order valence-electron chi connectivity index (χ4n) is 2.24. The van der Waals surface area contributed by atoms with Crippen molar-refractivity contribution in [2.45, 2.75) is 12.8 Å². The van der Waals surface area contributed by atoms with Crippen LogP contribution >= 0.6 is 0 Å². The van der Waals surface area contributed by atoms with E-state index in [-0.39, 0.29) is 0 Å². The SMILES string of the molecule is O=Cc1c[nH]c2ncnc(CCc3ccccc3)c12. The van der Waals surface area contributed by atoms with Gasteiger partial charge in [-0.25, -0.2) is 9.97 Å². The Kier molecular flexibility index (Phi) is 3.06. The Hall–Kier alpha value is -2.49. The van der Waals surface area contributed by atoms with Crippen LogP contribution in [0.2, 0.25) is 0 Å². The summed E-state index contributed by atoms with van der Waals surface area (Å²) in [6, 6.07) is 10.2. The molecule has 0 aliphatic rings. The maximum absolute atomic E-state index is 11.0. The number of fused-ring (bicyclic) bond motifs is 1. The number of hydrogen-bond donors (Lipinski definition) is 1. The van der Waals surface area contributed by atoms with Gasteiger partial charge in [0.15, 0.2) is 6.29 Å². The highest BCUT2D eigenvalue weighted by molar-refractivity contribution is 5.96. The van der Waals surface area contributed by atoms with Crippen LogP contribution in [0.4, 0.5) is 0 Å². The predicted octanol–water partition coefficient (Wildman–Crippen LogP) is 2.56. The Bertz CT molecular complexity index is 704. The Labute approximate surface area is 110 Å². The van der Waals surface area contributed by atoms with Crippen LogP contribution in [-0.2, 0) is 12.8 Å². The molecule has 0 radical (unpaired) electrons. The predicted molar refractivity (Wildman–Crippen MR) is 73.1 cm³/mol. The van der Waals surface area contributed by atoms with E-state index < -0.39 is 0 Å². The van der Waals surface area contributed by atoms with Crippen LogP contribution in [0.1, 0.15) is 21.6 Å². The van der Waals surface area contributed by atoms with Gasteiger partial charge >= 0.3 is 0 Å². The van der Waals surface area contributed by atoms with Crippen molar-refractivity contribution in [3.05, 3.63) is 59.7 Å². The monoisotopic (exact) mass is 251 g/mol. The number of aromatic amines is 1. The van der Waals surface area contributed by atoms with Crippen LogP contribution in [0.5, 0.6) is 0 Å². The van der Waals surface area contributed by atoms with Gasteiger partial charge in [0.2, 0.25) is 0 Å². The molecule has 3 aromatic rings. The number of benzene rings is 1. The largest absolute Gasteiger partial charge is 0.345 e. The van der Waals surface area contributed by atoms with Gasteiger partial charge < -0.3 is 4.98 Å². The lowest BCUT2D eigenvalue weighted by molar-refractivity contribution is 0.112. The zero-order valence-electron chi connectivity index (χ0n) is 10.3. The summed E-state index contributed by atoms with van der Waals surface area (Å²) in [5.41, 5.74) is 3.52. The Morgan fingerprint density at radius 2 is 1.95 bits per heavy atom. The molecule has 94 valence electrons. The van der Waals surface area contributed by atoms with Gasteiger partial charge in [0, 0.05) is 11.8 Å². The van der Waals surface area contributed by atoms with Crippen LogP contribution in [0.3, 0.4) is 0 Å². The van der Waals surface area contributed by atoms with E-state index in [0.717, 1.165) is 35.9 Å².